The SMILES string of the molecule is CCCNC(=O)[C@H](C)N(Cc1cccc(C)c1)C(=O)COc1cccc(Cl)c1. The van der Waals surface area contributed by atoms with Gasteiger partial charge < -0.3 is 15.0 Å². The second-order valence-corrected chi connectivity index (χ2v) is 7.16. The zero-order valence-electron chi connectivity index (χ0n) is 16.6. The summed E-state index contributed by atoms with van der Waals surface area (Å²) >= 11 is 5.96. The first-order valence-electron chi connectivity index (χ1n) is 9.41. The normalized spacial score (nSPS) is 11.6. The van der Waals surface area contributed by atoms with Crippen LogP contribution < -0.4 is 10.1 Å². The Morgan fingerprint density at radius 1 is 1.18 bits per heavy atom. The van der Waals surface area contributed by atoms with Gasteiger partial charge in [-0.1, -0.05) is 54.4 Å². The molecule has 0 aliphatic heterocycles. The molecule has 6 heteroatoms. The van der Waals surface area contributed by atoms with Crippen molar-refractivity contribution in [1.82, 2.24) is 10.2 Å². The van der Waals surface area contributed by atoms with E-state index in [0.29, 0.717) is 23.9 Å². The number of carbonyl (C=O) groups excluding carboxylic acids is 2. The maximum Gasteiger partial charge on any atom is 0.261 e. The molecule has 0 aliphatic rings. The predicted molar refractivity (Wildman–Crippen MR) is 111 cm³/mol. The van der Waals surface area contributed by atoms with Crippen molar-refractivity contribution in [2.45, 2.75) is 39.8 Å². The zero-order valence-corrected chi connectivity index (χ0v) is 17.3. The lowest BCUT2D eigenvalue weighted by molar-refractivity contribution is -0.142. The molecule has 0 aromatic heterocycles. The topological polar surface area (TPSA) is 58.6 Å². The predicted octanol–water partition coefficient (Wildman–Crippen LogP) is 3.97. The first-order chi connectivity index (χ1) is 13.4. The molecule has 2 amide bonds. The van der Waals surface area contributed by atoms with E-state index in [1.165, 1.54) is 0 Å². The average Bonchev–Trinajstić information content (AvgIpc) is 2.68. The van der Waals surface area contributed by atoms with Gasteiger partial charge in [-0.15, -0.1) is 0 Å². The maximum absolute atomic E-state index is 12.9. The summed E-state index contributed by atoms with van der Waals surface area (Å²) in [5, 5.41) is 3.39. The van der Waals surface area contributed by atoms with Gasteiger partial charge in [0.05, 0.1) is 0 Å². The number of amides is 2. The lowest BCUT2D eigenvalue weighted by Crippen LogP contribution is -2.49. The van der Waals surface area contributed by atoms with Crippen molar-refractivity contribution in [2.75, 3.05) is 13.2 Å². The molecule has 0 aliphatic carbocycles. The van der Waals surface area contributed by atoms with E-state index in [4.69, 9.17) is 16.3 Å². The second-order valence-electron chi connectivity index (χ2n) is 6.72. The fraction of sp³-hybridized carbons (Fsp3) is 0.364. The van der Waals surface area contributed by atoms with Gasteiger partial charge in [-0.3, -0.25) is 9.59 Å². The molecule has 0 saturated heterocycles. The number of hydrogen-bond donors (Lipinski definition) is 1. The van der Waals surface area contributed by atoms with Crippen LogP contribution in [0.2, 0.25) is 5.02 Å². The van der Waals surface area contributed by atoms with Gasteiger partial charge in [0.25, 0.3) is 5.91 Å². The molecule has 2 aromatic rings. The van der Waals surface area contributed by atoms with Gasteiger partial charge in [-0.2, -0.15) is 0 Å². The quantitative estimate of drug-likeness (QED) is 0.690. The summed E-state index contributed by atoms with van der Waals surface area (Å²) in [7, 11) is 0. The van der Waals surface area contributed by atoms with Gasteiger partial charge in [0.2, 0.25) is 5.91 Å². The summed E-state index contributed by atoms with van der Waals surface area (Å²) in [5.41, 5.74) is 2.06. The standard InChI is InChI=1S/C22H27ClN2O3/c1-4-11-24-22(27)17(3)25(14-18-8-5-7-16(2)12-18)21(26)15-28-20-10-6-9-19(23)13-20/h5-10,12-13,17H,4,11,14-15H2,1-3H3,(H,24,27)/t17-/m0/s1. The molecule has 0 radical (unpaired) electrons. The minimum absolute atomic E-state index is 0.169. The van der Waals surface area contributed by atoms with Crippen molar-refractivity contribution in [1.29, 1.82) is 0 Å². The van der Waals surface area contributed by atoms with Crippen LogP contribution in [-0.4, -0.2) is 35.9 Å². The molecule has 28 heavy (non-hydrogen) atoms. The Bertz CT molecular complexity index is 810. The van der Waals surface area contributed by atoms with E-state index < -0.39 is 6.04 Å². The van der Waals surface area contributed by atoms with Crippen molar-refractivity contribution in [3.8, 4) is 5.75 Å². The van der Waals surface area contributed by atoms with Crippen molar-refractivity contribution in [3.63, 3.8) is 0 Å². The van der Waals surface area contributed by atoms with Crippen LogP contribution in [0.15, 0.2) is 48.5 Å². The van der Waals surface area contributed by atoms with Crippen molar-refractivity contribution >= 4 is 23.4 Å². The van der Waals surface area contributed by atoms with Gasteiger partial charge in [0, 0.05) is 18.1 Å². The highest BCUT2D eigenvalue weighted by Gasteiger charge is 2.26. The van der Waals surface area contributed by atoms with Gasteiger partial charge in [0.15, 0.2) is 6.61 Å². The lowest BCUT2D eigenvalue weighted by atomic mass is 10.1. The summed E-state index contributed by atoms with van der Waals surface area (Å²) in [6, 6.07) is 14.2. The largest absolute Gasteiger partial charge is 0.484 e. The van der Waals surface area contributed by atoms with Gasteiger partial charge in [-0.05, 0) is 44.0 Å². The van der Waals surface area contributed by atoms with Crippen molar-refractivity contribution in [3.05, 3.63) is 64.7 Å². The first-order valence-corrected chi connectivity index (χ1v) is 9.79. The first kappa shape index (κ1) is 21.8. The lowest BCUT2D eigenvalue weighted by Gasteiger charge is -2.29. The molecule has 2 rings (SSSR count). The van der Waals surface area contributed by atoms with Crippen molar-refractivity contribution < 1.29 is 14.3 Å². The summed E-state index contributed by atoms with van der Waals surface area (Å²) in [6.45, 7) is 6.46. The molecular weight excluding hydrogens is 376 g/mol. The molecule has 0 heterocycles. The maximum atomic E-state index is 12.9. The Morgan fingerprint density at radius 3 is 2.61 bits per heavy atom. The van der Waals surface area contributed by atoms with Crippen LogP contribution >= 0.6 is 11.6 Å². The highest BCUT2D eigenvalue weighted by atomic mass is 35.5. The Morgan fingerprint density at radius 2 is 1.93 bits per heavy atom. The number of nitrogens with one attached hydrogen (secondary N) is 1. The summed E-state index contributed by atoms with van der Waals surface area (Å²) in [4.78, 5) is 26.9. The van der Waals surface area contributed by atoms with E-state index in [-0.39, 0.29) is 18.4 Å². The van der Waals surface area contributed by atoms with Gasteiger partial charge in [-0.25, -0.2) is 0 Å². The number of halogens is 1. The van der Waals surface area contributed by atoms with Crippen LogP contribution in [0.4, 0.5) is 0 Å². The Kier molecular flexibility index (Phi) is 8.33. The molecule has 0 spiro atoms. The highest BCUT2D eigenvalue weighted by molar-refractivity contribution is 6.30. The van der Waals surface area contributed by atoms with E-state index in [9.17, 15) is 9.59 Å². The third-order valence-electron chi connectivity index (χ3n) is 4.31. The van der Waals surface area contributed by atoms with E-state index in [1.54, 1.807) is 36.1 Å². The Labute approximate surface area is 171 Å². The van der Waals surface area contributed by atoms with E-state index >= 15 is 0 Å². The van der Waals surface area contributed by atoms with Gasteiger partial charge >= 0.3 is 0 Å². The molecule has 5 nitrogen and oxygen atoms in total. The number of carbonyl (C=O) groups is 2. The third-order valence-corrected chi connectivity index (χ3v) is 4.55. The number of aryl methyl sites for hydroxylation is 1. The summed E-state index contributed by atoms with van der Waals surface area (Å²) < 4.78 is 5.59. The van der Waals surface area contributed by atoms with Crippen LogP contribution in [0, 0.1) is 6.92 Å². The van der Waals surface area contributed by atoms with E-state index in [0.717, 1.165) is 17.5 Å². The van der Waals surface area contributed by atoms with Crippen LogP contribution in [-0.2, 0) is 16.1 Å². The minimum atomic E-state index is -0.609. The molecule has 1 N–H and O–H groups in total. The molecule has 0 fully saturated rings. The zero-order chi connectivity index (χ0) is 20.5. The number of rotatable bonds is 9. The van der Waals surface area contributed by atoms with E-state index in [2.05, 4.69) is 5.32 Å². The fourth-order valence-electron chi connectivity index (χ4n) is 2.77. The highest BCUT2D eigenvalue weighted by Crippen LogP contribution is 2.18. The monoisotopic (exact) mass is 402 g/mol. The minimum Gasteiger partial charge on any atom is -0.484 e. The number of hydrogen-bond acceptors (Lipinski definition) is 3. The van der Waals surface area contributed by atoms with Crippen LogP contribution in [0.3, 0.4) is 0 Å². The summed E-state index contributed by atoms with van der Waals surface area (Å²) in [6.07, 6.45) is 0.835. The molecule has 0 saturated carbocycles. The summed E-state index contributed by atoms with van der Waals surface area (Å²) in [5.74, 6) is 0.0747. The number of benzene rings is 2. The fourth-order valence-corrected chi connectivity index (χ4v) is 2.95. The third kappa shape index (κ3) is 6.57. The average molecular weight is 403 g/mol. The molecule has 1 atom stereocenters. The van der Waals surface area contributed by atoms with Crippen LogP contribution in [0.25, 0.3) is 0 Å². The Balaban J connectivity index is 2.13. The smallest absolute Gasteiger partial charge is 0.261 e. The molecule has 0 unspecified atom stereocenters. The van der Waals surface area contributed by atoms with Crippen molar-refractivity contribution in [2.24, 2.45) is 0 Å². The van der Waals surface area contributed by atoms with Gasteiger partial charge in [0.1, 0.15) is 11.8 Å². The van der Waals surface area contributed by atoms with Crippen LogP contribution in [0.1, 0.15) is 31.4 Å². The molecular formula is C22H27ClN2O3. The molecule has 0 bridgehead atoms. The second kappa shape index (κ2) is 10.7. The number of ether oxygens (including phenoxy) is 1. The molecule has 2 aromatic carbocycles. The Hall–Kier alpha value is -2.53. The molecule has 150 valence electrons. The van der Waals surface area contributed by atoms with E-state index in [1.807, 2.05) is 38.1 Å². The van der Waals surface area contributed by atoms with Crippen LogP contribution in [0.5, 0.6) is 5.75 Å². The number of nitrogens with zero attached hydrogens (tertiary/aromatic N) is 1.